The zero-order valence-corrected chi connectivity index (χ0v) is 16.6. The van der Waals surface area contributed by atoms with Crippen molar-refractivity contribution in [1.29, 1.82) is 0 Å². The van der Waals surface area contributed by atoms with Crippen LogP contribution in [0.5, 0.6) is 5.75 Å². The van der Waals surface area contributed by atoms with Crippen molar-refractivity contribution in [2.75, 3.05) is 32.8 Å². The number of nitrogens with zero attached hydrogens (tertiary/aromatic N) is 2. The van der Waals surface area contributed by atoms with E-state index in [-0.39, 0.29) is 29.9 Å². The molecule has 1 N–H and O–H groups in total. The lowest BCUT2D eigenvalue weighted by Gasteiger charge is -2.35. The molecule has 0 unspecified atom stereocenters. The van der Waals surface area contributed by atoms with Crippen molar-refractivity contribution in [1.82, 2.24) is 9.80 Å². The van der Waals surface area contributed by atoms with Crippen LogP contribution in [-0.4, -0.2) is 65.5 Å². The summed E-state index contributed by atoms with van der Waals surface area (Å²) in [6.45, 7) is 1.95. The zero-order valence-electron chi connectivity index (χ0n) is 16.6. The summed E-state index contributed by atoms with van der Waals surface area (Å²) < 4.78 is 5.48. The van der Waals surface area contributed by atoms with Crippen molar-refractivity contribution in [3.8, 4) is 5.75 Å². The Bertz CT molecular complexity index is 920. The molecule has 2 amide bonds. The number of carbonyl (C=O) groups excluding carboxylic acids is 2. The lowest BCUT2D eigenvalue weighted by atomic mass is 10.1. The summed E-state index contributed by atoms with van der Waals surface area (Å²) in [6.07, 6.45) is 0.899. The Balaban J connectivity index is 1.22. The Morgan fingerprint density at radius 1 is 0.900 bits per heavy atom. The first kappa shape index (κ1) is 19.9. The van der Waals surface area contributed by atoms with Crippen molar-refractivity contribution in [2.45, 2.75) is 12.3 Å². The smallest absolute Gasteiger partial charge is 0.335 e. The molecule has 30 heavy (non-hydrogen) atoms. The van der Waals surface area contributed by atoms with Crippen molar-refractivity contribution in [2.24, 2.45) is 5.92 Å². The van der Waals surface area contributed by atoms with E-state index in [1.165, 1.54) is 29.8 Å². The van der Waals surface area contributed by atoms with Crippen LogP contribution in [0.3, 0.4) is 0 Å². The van der Waals surface area contributed by atoms with Crippen LogP contribution in [0.25, 0.3) is 0 Å². The number of piperazine rings is 1. The number of carboxylic acid groups (broad SMARTS) is 1. The molecule has 0 aromatic heterocycles. The minimum Gasteiger partial charge on any atom is -0.484 e. The highest BCUT2D eigenvalue weighted by Gasteiger charge is 2.46. The van der Waals surface area contributed by atoms with Crippen LogP contribution in [0.4, 0.5) is 0 Å². The number of hydrogen-bond donors (Lipinski definition) is 1. The number of benzene rings is 2. The second-order valence-corrected chi connectivity index (χ2v) is 7.68. The van der Waals surface area contributed by atoms with Crippen LogP contribution in [0, 0.1) is 5.92 Å². The van der Waals surface area contributed by atoms with Gasteiger partial charge < -0.3 is 19.6 Å². The highest BCUT2D eigenvalue weighted by molar-refractivity contribution is 5.87. The summed E-state index contributed by atoms with van der Waals surface area (Å²) in [6, 6.07) is 16.1. The predicted molar refractivity (Wildman–Crippen MR) is 109 cm³/mol. The van der Waals surface area contributed by atoms with Gasteiger partial charge in [0.05, 0.1) is 5.56 Å². The summed E-state index contributed by atoms with van der Waals surface area (Å²) in [5.41, 5.74) is 1.39. The molecule has 7 nitrogen and oxygen atoms in total. The first-order chi connectivity index (χ1) is 14.5. The molecule has 0 radical (unpaired) electrons. The van der Waals surface area contributed by atoms with E-state index in [0.29, 0.717) is 37.8 Å². The number of hydrogen-bond acceptors (Lipinski definition) is 4. The van der Waals surface area contributed by atoms with Gasteiger partial charge in [-0.15, -0.1) is 0 Å². The molecule has 1 saturated carbocycles. The van der Waals surface area contributed by atoms with E-state index in [1.807, 2.05) is 23.1 Å². The SMILES string of the molecule is O=C(O)c1ccc(OCC(=O)N2CCN(C(=O)[C@@H]3C[C@H]3c3ccccc3)CC2)cc1. The van der Waals surface area contributed by atoms with Gasteiger partial charge in [0.15, 0.2) is 6.61 Å². The van der Waals surface area contributed by atoms with Crippen molar-refractivity contribution in [3.05, 3.63) is 65.7 Å². The van der Waals surface area contributed by atoms with Gasteiger partial charge in [0.2, 0.25) is 5.91 Å². The molecule has 2 aliphatic rings. The summed E-state index contributed by atoms with van der Waals surface area (Å²) in [7, 11) is 0. The first-order valence-electron chi connectivity index (χ1n) is 10.1. The zero-order chi connectivity index (χ0) is 21.1. The van der Waals surface area contributed by atoms with Crippen LogP contribution < -0.4 is 4.74 Å². The second-order valence-electron chi connectivity index (χ2n) is 7.68. The van der Waals surface area contributed by atoms with Gasteiger partial charge in [-0.05, 0) is 42.2 Å². The fourth-order valence-electron chi connectivity index (χ4n) is 3.88. The van der Waals surface area contributed by atoms with Crippen LogP contribution in [0.15, 0.2) is 54.6 Å². The molecule has 0 bridgehead atoms. The molecular formula is C23H24N2O5. The van der Waals surface area contributed by atoms with Crippen molar-refractivity contribution >= 4 is 17.8 Å². The van der Waals surface area contributed by atoms with Crippen LogP contribution >= 0.6 is 0 Å². The Kier molecular flexibility index (Phi) is 5.70. The number of rotatable bonds is 6. The molecule has 1 heterocycles. The molecule has 1 aliphatic carbocycles. The standard InChI is InChI=1S/C23H24N2O5/c26-21(15-30-18-8-6-17(7-9-18)23(28)29)24-10-12-25(13-11-24)22(27)20-14-19(20)16-4-2-1-3-5-16/h1-9,19-20H,10-15H2,(H,28,29)/t19-,20+/m0/s1. The van der Waals surface area contributed by atoms with E-state index in [4.69, 9.17) is 9.84 Å². The maximum atomic E-state index is 12.8. The molecule has 0 spiro atoms. The Hall–Kier alpha value is -3.35. The minimum atomic E-state index is -1.01. The largest absolute Gasteiger partial charge is 0.484 e. The second kappa shape index (κ2) is 8.57. The van der Waals surface area contributed by atoms with Gasteiger partial charge in [-0.2, -0.15) is 0 Å². The quantitative estimate of drug-likeness (QED) is 0.792. The van der Waals surface area contributed by atoms with Crippen LogP contribution in [0.2, 0.25) is 0 Å². The molecular weight excluding hydrogens is 384 g/mol. The lowest BCUT2D eigenvalue weighted by Crippen LogP contribution is -2.52. The maximum absolute atomic E-state index is 12.8. The number of amides is 2. The normalized spacial score (nSPS) is 20.5. The summed E-state index contributed by atoms with van der Waals surface area (Å²) in [5.74, 6) is -0.135. The molecule has 7 heteroatoms. The molecule has 2 fully saturated rings. The van der Waals surface area contributed by atoms with E-state index < -0.39 is 5.97 Å². The van der Waals surface area contributed by atoms with E-state index in [1.54, 1.807) is 4.90 Å². The molecule has 1 aliphatic heterocycles. The van der Waals surface area contributed by atoms with Crippen molar-refractivity contribution < 1.29 is 24.2 Å². The van der Waals surface area contributed by atoms with E-state index in [9.17, 15) is 14.4 Å². The van der Waals surface area contributed by atoms with Gasteiger partial charge >= 0.3 is 5.97 Å². The average Bonchev–Trinajstić information content (AvgIpc) is 3.59. The highest BCUT2D eigenvalue weighted by Crippen LogP contribution is 2.48. The summed E-state index contributed by atoms with van der Waals surface area (Å²) in [5, 5.41) is 8.91. The lowest BCUT2D eigenvalue weighted by molar-refractivity contribution is -0.141. The van der Waals surface area contributed by atoms with E-state index in [2.05, 4.69) is 12.1 Å². The molecule has 1 saturated heterocycles. The van der Waals surface area contributed by atoms with Crippen LogP contribution in [-0.2, 0) is 9.59 Å². The van der Waals surface area contributed by atoms with E-state index in [0.717, 1.165) is 6.42 Å². The number of carbonyl (C=O) groups is 3. The highest BCUT2D eigenvalue weighted by atomic mass is 16.5. The Morgan fingerprint density at radius 3 is 2.17 bits per heavy atom. The Labute approximate surface area is 174 Å². The summed E-state index contributed by atoms with van der Waals surface area (Å²) in [4.78, 5) is 39.6. The average molecular weight is 408 g/mol. The van der Waals surface area contributed by atoms with Gasteiger partial charge in [-0.3, -0.25) is 9.59 Å². The maximum Gasteiger partial charge on any atom is 0.335 e. The van der Waals surface area contributed by atoms with Gasteiger partial charge in [0, 0.05) is 32.1 Å². The van der Waals surface area contributed by atoms with Gasteiger partial charge in [0.25, 0.3) is 5.91 Å². The van der Waals surface area contributed by atoms with Gasteiger partial charge in [-0.25, -0.2) is 4.79 Å². The molecule has 156 valence electrons. The number of aromatic carboxylic acids is 1. The number of carboxylic acids is 1. The Morgan fingerprint density at radius 2 is 1.53 bits per heavy atom. The third kappa shape index (κ3) is 4.45. The predicted octanol–water partition coefficient (Wildman–Crippen LogP) is 2.24. The van der Waals surface area contributed by atoms with Crippen LogP contribution in [0.1, 0.15) is 28.3 Å². The molecule has 2 aromatic rings. The fourth-order valence-corrected chi connectivity index (χ4v) is 3.88. The molecule has 2 aromatic carbocycles. The van der Waals surface area contributed by atoms with Gasteiger partial charge in [-0.1, -0.05) is 30.3 Å². The third-order valence-electron chi connectivity index (χ3n) is 5.74. The number of ether oxygens (including phenoxy) is 1. The molecule has 2 atom stereocenters. The minimum absolute atomic E-state index is 0.0618. The third-order valence-corrected chi connectivity index (χ3v) is 5.74. The summed E-state index contributed by atoms with van der Waals surface area (Å²) >= 11 is 0. The molecule has 4 rings (SSSR count). The van der Waals surface area contributed by atoms with Crippen molar-refractivity contribution in [3.63, 3.8) is 0 Å². The first-order valence-corrected chi connectivity index (χ1v) is 10.1. The van der Waals surface area contributed by atoms with Gasteiger partial charge in [0.1, 0.15) is 5.75 Å². The topological polar surface area (TPSA) is 87.2 Å². The monoisotopic (exact) mass is 408 g/mol. The fraction of sp³-hybridized carbons (Fsp3) is 0.348. The van der Waals surface area contributed by atoms with E-state index >= 15 is 0 Å².